The van der Waals surface area contributed by atoms with Crippen LogP contribution in [0, 0.1) is 6.92 Å². The molecule has 0 saturated carbocycles. The first-order chi connectivity index (χ1) is 16.9. The number of amides is 1. The second-order valence-electron chi connectivity index (χ2n) is 9.06. The molecule has 2 N–H and O–H groups in total. The molecule has 0 saturated heterocycles. The second-order valence-corrected chi connectivity index (χ2v) is 10.0. The summed E-state index contributed by atoms with van der Waals surface area (Å²) < 4.78 is 6.31. The van der Waals surface area contributed by atoms with Gasteiger partial charge < -0.3 is 15.2 Å². The van der Waals surface area contributed by atoms with E-state index in [2.05, 4.69) is 19.2 Å². The van der Waals surface area contributed by atoms with E-state index in [0.717, 1.165) is 60.8 Å². The molecule has 194 valence electrons. The molecule has 0 fully saturated rings. The first-order valence-corrected chi connectivity index (χ1v) is 14.1. The van der Waals surface area contributed by atoms with Gasteiger partial charge in [-0.2, -0.15) is 11.8 Å². The van der Waals surface area contributed by atoms with Gasteiger partial charge in [-0.1, -0.05) is 69.9 Å². The quantitative estimate of drug-likeness (QED) is 0.264. The van der Waals surface area contributed by atoms with Gasteiger partial charge in [0.15, 0.2) is 0 Å². The number of aliphatic carboxylic acids is 1. The fourth-order valence-corrected chi connectivity index (χ4v) is 4.57. The Balaban J connectivity index is 0.00000648. The Kier molecular flexibility index (Phi) is 15.9. The molecule has 0 aliphatic rings. The van der Waals surface area contributed by atoms with E-state index < -0.39 is 12.0 Å². The van der Waals surface area contributed by atoms with Crippen LogP contribution in [0.25, 0.3) is 11.1 Å². The van der Waals surface area contributed by atoms with Crippen molar-refractivity contribution in [2.24, 2.45) is 0 Å². The molecule has 5 nitrogen and oxygen atoms in total. The standard InChI is InChI=1S/C29H41NO4S.Li.H/c1-5-7-12-23(13-8-6-2)34-20-22-15-16-25(26(19-22)24-14-10-9-11-21(24)3)28(31)30-27(29(32)33)17-18-35-4;;/h9-11,14-16,19,23,27H,5-8,12-13,17-18,20H2,1-4H3,(H,30,31)(H,32,33);;. The number of benzene rings is 2. The fraction of sp³-hybridized carbons (Fsp3) is 0.517. The van der Waals surface area contributed by atoms with Gasteiger partial charge in [0.25, 0.3) is 5.91 Å². The van der Waals surface area contributed by atoms with E-state index >= 15 is 0 Å². The minimum atomic E-state index is -1.01. The third kappa shape index (κ3) is 10.3. The first-order valence-electron chi connectivity index (χ1n) is 12.7. The Labute approximate surface area is 233 Å². The monoisotopic (exact) mass is 507 g/mol. The predicted molar refractivity (Wildman–Crippen MR) is 153 cm³/mol. The van der Waals surface area contributed by atoms with Crippen LogP contribution >= 0.6 is 11.8 Å². The molecule has 1 atom stereocenters. The van der Waals surface area contributed by atoms with Crippen molar-refractivity contribution in [3.63, 3.8) is 0 Å². The maximum absolute atomic E-state index is 13.2. The molecule has 7 heteroatoms. The zero-order valence-corrected chi connectivity index (χ0v) is 22.5. The van der Waals surface area contributed by atoms with Crippen LogP contribution < -0.4 is 5.32 Å². The van der Waals surface area contributed by atoms with Crippen LogP contribution in [0.15, 0.2) is 42.5 Å². The van der Waals surface area contributed by atoms with E-state index in [4.69, 9.17) is 4.74 Å². The molecule has 2 aromatic rings. The summed E-state index contributed by atoms with van der Waals surface area (Å²) in [4.78, 5) is 24.9. The number of unbranched alkanes of at least 4 members (excludes halogenated alkanes) is 2. The van der Waals surface area contributed by atoms with Crippen molar-refractivity contribution in [2.75, 3.05) is 12.0 Å². The van der Waals surface area contributed by atoms with E-state index in [-0.39, 0.29) is 30.9 Å². The maximum atomic E-state index is 13.2. The van der Waals surface area contributed by atoms with Gasteiger partial charge in [0.1, 0.15) is 6.04 Å². The number of aryl methyl sites for hydroxylation is 1. The molecule has 2 rings (SSSR count). The predicted octanol–water partition coefficient (Wildman–Crippen LogP) is 6.22. The number of ether oxygens (including phenoxy) is 1. The summed E-state index contributed by atoms with van der Waals surface area (Å²) in [7, 11) is 0. The van der Waals surface area contributed by atoms with E-state index in [9.17, 15) is 14.7 Å². The number of carboxylic acid groups (broad SMARTS) is 1. The summed E-state index contributed by atoms with van der Waals surface area (Å²) >= 11 is 1.56. The number of rotatable bonds is 16. The van der Waals surface area contributed by atoms with Crippen LogP contribution in [0.1, 0.15) is 80.3 Å². The molecule has 0 aromatic heterocycles. The van der Waals surface area contributed by atoms with Gasteiger partial charge in [0.05, 0.1) is 12.7 Å². The van der Waals surface area contributed by atoms with Crippen molar-refractivity contribution in [1.29, 1.82) is 0 Å². The minimum absolute atomic E-state index is 0. The first kappa shape index (κ1) is 32.3. The molecule has 0 radical (unpaired) electrons. The summed E-state index contributed by atoms with van der Waals surface area (Å²) in [6.45, 7) is 6.91. The molecule has 1 unspecified atom stereocenters. The van der Waals surface area contributed by atoms with Crippen LogP contribution in [0.2, 0.25) is 0 Å². The van der Waals surface area contributed by atoms with Gasteiger partial charge in [-0.05, 0) is 72.6 Å². The average molecular weight is 508 g/mol. The topological polar surface area (TPSA) is 75.6 Å². The molecule has 2 aromatic carbocycles. The SMILES string of the molecule is CCCCC(CCCC)OCc1ccc(C(=O)NC(CCSC)C(=O)O)c(-c2ccccc2C)c1.[LiH]. The third-order valence-electron chi connectivity index (χ3n) is 6.22. The molecule has 1 amide bonds. The van der Waals surface area contributed by atoms with Crippen LogP contribution in [0.4, 0.5) is 0 Å². The number of thioether (sulfide) groups is 1. The van der Waals surface area contributed by atoms with Gasteiger partial charge in [0, 0.05) is 5.56 Å². The van der Waals surface area contributed by atoms with Crippen molar-refractivity contribution in [3.05, 3.63) is 59.2 Å². The van der Waals surface area contributed by atoms with Crippen LogP contribution in [0.3, 0.4) is 0 Å². The van der Waals surface area contributed by atoms with E-state index in [1.165, 1.54) is 0 Å². The zero-order valence-electron chi connectivity index (χ0n) is 21.6. The van der Waals surface area contributed by atoms with E-state index in [1.54, 1.807) is 17.8 Å². The van der Waals surface area contributed by atoms with Gasteiger partial charge in [-0.15, -0.1) is 0 Å². The normalized spacial score (nSPS) is 11.7. The number of hydrogen-bond acceptors (Lipinski definition) is 4. The van der Waals surface area contributed by atoms with Crippen molar-refractivity contribution in [3.8, 4) is 11.1 Å². The van der Waals surface area contributed by atoms with Gasteiger partial charge in [0.2, 0.25) is 0 Å². The Morgan fingerprint density at radius 2 is 1.67 bits per heavy atom. The van der Waals surface area contributed by atoms with Crippen molar-refractivity contribution >= 4 is 42.5 Å². The van der Waals surface area contributed by atoms with Crippen molar-refractivity contribution in [2.45, 2.75) is 84.5 Å². The number of carbonyl (C=O) groups is 2. The Morgan fingerprint density at radius 1 is 1.00 bits per heavy atom. The number of carbonyl (C=O) groups excluding carboxylic acids is 1. The number of nitrogens with one attached hydrogen (secondary N) is 1. The summed E-state index contributed by atoms with van der Waals surface area (Å²) in [6.07, 6.45) is 9.29. The summed E-state index contributed by atoms with van der Waals surface area (Å²) in [5.74, 6) is -0.719. The van der Waals surface area contributed by atoms with Gasteiger partial charge in [-0.25, -0.2) is 4.79 Å². The van der Waals surface area contributed by atoms with Gasteiger partial charge >= 0.3 is 24.8 Å². The van der Waals surface area contributed by atoms with Crippen LogP contribution in [0.5, 0.6) is 0 Å². The van der Waals surface area contributed by atoms with Crippen molar-refractivity contribution in [1.82, 2.24) is 5.32 Å². The van der Waals surface area contributed by atoms with Crippen molar-refractivity contribution < 1.29 is 19.4 Å². The number of hydrogen-bond donors (Lipinski definition) is 2. The molecule has 0 spiro atoms. The Morgan fingerprint density at radius 3 is 2.25 bits per heavy atom. The molecular weight excluding hydrogens is 465 g/mol. The Bertz CT molecular complexity index is 945. The number of carboxylic acids is 1. The summed E-state index contributed by atoms with van der Waals surface area (Å²) in [5, 5.41) is 12.3. The van der Waals surface area contributed by atoms with Crippen LogP contribution in [-0.4, -0.2) is 60.0 Å². The molecule has 0 aliphatic carbocycles. The Hall–Kier alpha value is -1.71. The summed E-state index contributed by atoms with van der Waals surface area (Å²) in [5.41, 5.74) is 4.31. The zero-order chi connectivity index (χ0) is 25.6. The molecule has 0 bridgehead atoms. The molecule has 0 heterocycles. The molecule has 0 aliphatic heterocycles. The molecular formula is C29H42LiNO4S. The fourth-order valence-electron chi connectivity index (χ4n) is 4.09. The molecule has 36 heavy (non-hydrogen) atoms. The van der Waals surface area contributed by atoms with Gasteiger partial charge in [-0.3, -0.25) is 4.79 Å². The average Bonchev–Trinajstić information content (AvgIpc) is 2.86. The third-order valence-corrected chi connectivity index (χ3v) is 6.87. The van der Waals surface area contributed by atoms with Crippen LogP contribution in [-0.2, 0) is 16.1 Å². The van der Waals surface area contributed by atoms with E-state index in [1.807, 2.05) is 49.6 Å². The summed E-state index contributed by atoms with van der Waals surface area (Å²) in [6, 6.07) is 12.8. The second kappa shape index (κ2) is 17.7. The van der Waals surface area contributed by atoms with E-state index in [0.29, 0.717) is 24.3 Å².